The van der Waals surface area contributed by atoms with Crippen molar-refractivity contribution >= 4 is 0 Å². The number of nitrogens with zero attached hydrogens (tertiary/aromatic N) is 1. The van der Waals surface area contributed by atoms with Crippen LogP contribution in [0.25, 0.3) is 0 Å². The summed E-state index contributed by atoms with van der Waals surface area (Å²) < 4.78 is 0. The Morgan fingerprint density at radius 3 is 2.16 bits per heavy atom. The molecule has 0 aliphatic carbocycles. The molecule has 0 radical (unpaired) electrons. The van der Waals surface area contributed by atoms with E-state index in [0.29, 0.717) is 11.5 Å². The minimum Gasteiger partial charge on any atom is -0.316 e. The molecule has 0 aromatic rings. The van der Waals surface area contributed by atoms with E-state index in [1.165, 1.54) is 32.4 Å². The summed E-state index contributed by atoms with van der Waals surface area (Å²) in [4.78, 5) is 2.65. The fraction of sp³-hybridized carbons (Fsp3) is 1.00. The quantitative estimate of drug-likeness (QED) is 0.567. The molecule has 0 unspecified atom stereocenters. The van der Waals surface area contributed by atoms with Gasteiger partial charge in [0.05, 0.1) is 0 Å². The lowest BCUT2D eigenvalue weighted by atomic mass is 9.91. The van der Waals surface area contributed by atoms with Gasteiger partial charge in [-0.15, -0.1) is 0 Å². The zero-order chi connectivity index (χ0) is 14.9. The predicted molar refractivity (Wildman–Crippen MR) is 87.7 cm³/mol. The first-order valence-corrected chi connectivity index (χ1v) is 8.23. The van der Waals surface area contributed by atoms with Gasteiger partial charge in [-0.25, -0.2) is 0 Å². The highest BCUT2D eigenvalue weighted by Crippen LogP contribution is 2.18. The molecule has 19 heavy (non-hydrogen) atoms. The first kappa shape index (κ1) is 18.9. The summed E-state index contributed by atoms with van der Waals surface area (Å²) in [7, 11) is 0. The molecule has 0 atom stereocenters. The smallest absolute Gasteiger partial charge is 0.00475 e. The topological polar surface area (TPSA) is 15.3 Å². The maximum Gasteiger partial charge on any atom is 0.00475 e. The summed E-state index contributed by atoms with van der Waals surface area (Å²) in [6, 6.07) is 0.654. The Hall–Kier alpha value is -0.0800. The SMILES string of the molecule is CCCCCN(CC(C)(C)CNCC(C)C)C(C)C. The third kappa shape index (κ3) is 10.4. The molecule has 2 heteroatoms. The van der Waals surface area contributed by atoms with E-state index in [-0.39, 0.29) is 0 Å². The number of rotatable bonds is 11. The monoisotopic (exact) mass is 270 g/mol. The van der Waals surface area contributed by atoms with Gasteiger partial charge in [0.2, 0.25) is 0 Å². The van der Waals surface area contributed by atoms with Gasteiger partial charge < -0.3 is 10.2 Å². The highest BCUT2D eigenvalue weighted by molar-refractivity contribution is 4.78. The van der Waals surface area contributed by atoms with Crippen LogP contribution in [-0.2, 0) is 0 Å². The lowest BCUT2D eigenvalue weighted by molar-refractivity contribution is 0.139. The van der Waals surface area contributed by atoms with E-state index >= 15 is 0 Å². The highest BCUT2D eigenvalue weighted by Gasteiger charge is 2.22. The van der Waals surface area contributed by atoms with Crippen LogP contribution in [0.15, 0.2) is 0 Å². The molecular weight excluding hydrogens is 232 g/mol. The first-order chi connectivity index (χ1) is 8.78. The number of unbranched alkanes of at least 4 members (excludes halogenated alkanes) is 2. The van der Waals surface area contributed by atoms with Gasteiger partial charge in [0.1, 0.15) is 0 Å². The van der Waals surface area contributed by atoms with E-state index < -0.39 is 0 Å². The molecule has 116 valence electrons. The fourth-order valence-corrected chi connectivity index (χ4v) is 2.39. The summed E-state index contributed by atoms with van der Waals surface area (Å²) in [5.41, 5.74) is 0.353. The van der Waals surface area contributed by atoms with Crippen LogP contribution in [0.5, 0.6) is 0 Å². The molecule has 0 spiro atoms. The Morgan fingerprint density at radius 1 is 1.05 bits per heavy atom. The second-order valence-electron chi connectivity index (χ2n) is 7.46. The largest absolute Gasteiger partial charge is 0.316 e. The molecule has 0 aromatic carbocycles. The Morgan fingerprint density at radius 2 is 1.68 bits per heavy atom. The van der Waals surface area contributed by atoms with E-state index in [1.807, 2.05) is 0 Å². The van der Waals surface area contributed by atoms with Crippen molar-refractivity contribution in [3.05, 3.63) is 0 Å². The molecule has 0 rings (SSSR count). The Labute approximate surface area is 122 Å². The van der Waals surface area contributed by atoms with Crippen molar-refractivity contribution < 1.29 is 0 Å². The van der Waals surface area contributed by atoms with Crippen LogP contribution in [0.1, 0.15) is 67.7 Å². The standard InChI is InChI=1S/C17H38N2/c1-8-9-10-11-19(16(4)5)14-17(6,7)13-18-12-15(2)3/h15-16,18H,8-14H2,1-7H3. The zero-order valence-corrected chi connectivity index (χ0v) is 14.6. The second-order valence-corrected chi connectivity index (χ2v) is 7.46. The third-order valence-electron chi connectivity index (χ3n) is 3.57. The Bertz CT molecular complexity index is 209. The average Bonchev–Trinajstić information content (AvgIpc) is 2.26. The Kier molecular flexibility index (Phi) is 9.72. The van der Waals surface area contributed by atoms with Crippen molar-refractivity contribution in [3.63, 3.8) is 0 Å². The molecule has 2 nitrogen and oxygen atoms in total. The van der Waals surface area contributed by atoms with E-state index in [4.69, 9.17) is 0 Å². The molecule has 0 fully saturated rings. The van der Waals surface area contributed by atoms with Crippen molar-refractivity contribution in [2.45, 2.75) is 73.8 Å². The van der Waals surface area contributed by atoms with Gasteiger partial charge in [0.15, 0.2) is 0 Å². The summed E-state index contributed by atoms with van der Waals surface area (Å²) in [6.07, 6.45) is 4.00. The number of hydrogen-bond donors (Lipinski definition) is 1. The van der Waals surface area contributed by atoms with Gasteiger partial charge in [-0.1, -0.05) is 47.5 Å². The van der Waals surface area contributed by atoms with Crippen LogP contribution in [0, 0.1) is 11.3 Å². The molecule has 1 N–H and O–H groups in total. The van der Waals surface area contributed by atoms with Gasteiger partial charge in [-0.05, 0) is 44.7 Å². The van der Waals surface area contributed by atoms with Gasteiger partial charge in [0, 0.05) is 19.1 Å². The van der Waals surface area contributed by atoms with Crippen LogP contribution in [0.2, 0.25) is 0 Å². The summed E-state index contributed by atoms with van der Waals surface area (Å²) in [6.45, 7) is 20.9. The van der Waals surface area contributed by atoms with Gasteiger partial charge in [-0.3, -0.25) is 0 Å². The summed E-state index contributed by atoms with van der Waals surface area (Å²) in [5, 5.41) is 3.61. The van der Waals surface area contributed by atoms with Crippen LogP contribution >= 0.6 is 0 Å². The van der Waals surface area contributed by atoms with Crippen LogP contribution in [0.3, 0.4) is 0 Å². The predicted octanol–water partition coefficient (Wildman–Crippen LogP) is 4.16. The maximum atomic E-state index is 3.61. The van der Waals surface area contributed by atoms with Crippen molar-refractivity contribution in [3.8, 4) is 0 Å². The number of hydrogen-bond acceptors (Lipinski definition) is 2. The minimum absolute atomic E-state index is 0.353. The van der Waals surface area contributed by atoms with Crippen molar-refractivity contribution in [2.24, 2.45) is 11.3 Å². The van der Waals surface area contributed by atoms with Crippen LogP contribution in [-0.4, -0.2) is 37.1 Å². The molecule has 0 bridgehead atoms. The van der Waals surface area contributed by atoms with E-state index in [2.05, 4.69) is 58.7 Å². The Balaban J connectivity index is 4.14. The van der Waals surface area contributed by atoms with Gasteiger partial charge in [0.25, 0.3) is 0 Å². The maximum absolute atomic E-state index is 3.61. The summed E-state index contributed by atoms with van der Waals surface area (Å²) in [5.74, 6) is 0.738. The lowest BCUT2D eigenvalue weighted by Crippen LogP contribution is -2.44. The molecule has 0 heterocycles. The van der Waals surface area contributed by atoms with E-state index in [0.717, 1.165) is 19.0 Å². The number of nitrogens with one attached hydrogen (secondary N) is 1. The van der Waals surface area contributed by atoms with Gasteiger partial charge >= 0.3 is 0 Å². The lowest BCUT2D eigenvalue weighted by Gasteiger charge is -2.35. The van der Waals surface area contributed by atoms with Crippen molar-refractivity contribution in [2.75, 3.05) is 26.2 Å². The normalized spacial score (nSPS) is 12.9. The molecule has 0 saturated heterocycles. The molecule has 0 aliphatic rings. The summed E-state index contributed by atoms with van der Waals surface area (Å²) >= 11 is 0. The first-order valence-electron chi connectivity index (χ1n) is 8.23. The van der Waals surface area contributed by atoms with E-state index in [9.17, 15) is 0 Å². The average molecular weight is 271 g/mol. The highest BCUT2D eigenvalue weighted by atomic mass is 15.2. The molecule has 0 aliphatic heterocycles. The van der Waals surface area contributed by atoms with Crippen molar-refractivity contribution in [1.29, 1.82) is 0 Å². The minimum atomic E-state index is 0.353. The fourth-order valence-electron chi connectivity index (χ4n) is 2.39. The van der Waals surface area contributed by atoms with Crippen LogP contribution in [0.4, 0.5) is 0 Å². The van der Waals surface area contributed by atoms with Crippen LogP contribution < -0.4 is 5.32 Å². The van der Waals surface area contributed by atoms with Crippen molar-refractivity contribution in [1.82, 2.24) is 10.2 Å². The third-order valence-corrected chi connectivity index (χ3v) is 3.57. The molecule has 0 amide bonds. The molecule has 0 aromatic heterocycles. The van der Waals surface area contributed by atoms with Gasteiger partial charge in [-0.2, -0.15) is 0 Å². The molecular formula is C17H38N2. The second kappa shape index (κ2) is 9.77. The molecule has 0 saturated carbocycles. The zero-order valence-electron chi connectivity index (χ0n) is 14.6. The van der Waals surface area contributed by atoms with E-state index in [1.54, 1.807) is 0 Å².